The number of rotatable bonds is 5. The molecule has 122 valence electrons. The van der Waals surface area contributed by atoms with E-state index in [1.54, 1.807) is 19.1 Å². The first-order valence-corrected chi connectivity index (χ1v) is 8.94. The molecule has 1 aromatic rings. The van der Waals surface area contributed by atoms with Crippen LogP contribution in [0.1, 0.15) is 19.8 Å². The van der Waals surface area contributed by atoms with Crippen LogP contribution in [0.5, 0.6) is 0 Å². The minimum absolute atomic E-state index is 0.189. The van der Waals surface area contributed by atoms with Crippen molar-refractivity contribution in [3.8, 4) is 0 Å². The molecule has 1 fully saturated rings. The van der Waals surface area contributed by atoms with Gasteiger partial charge in [0.25, 0.3) is 0 Å². The fourth-order valence-electron chi connectivity index (χ4n) is 2.34. The highest BCUT2D eigenvalue weighted by Crippen LogP contribution is 2.24. The van der Waals surface area contributed by atoms with Crippen LogP contribution in [0, 0.1) is 5.92 Å². The Hall–Kier alpha value is -1.15. The van der Waals surface area contributed by atoms with Gasteiger partial charge in [0, 0.05) is 24.0 Å². The summed E-state index contributed by atoms with van der Waals surface area (Å²) < 4.78 is 26.4. The van der Waals surface area contributed by atoms with E-state index in [1.807, 2.05) is 0 Å². The highest BCUT2D eigenvalue weighted by Gasteiger charge is 2.32. The van der Waals surface area contributed by atoms with Crippen LogP contribution in [0.25, 0.3) is 0 Å². The monoisotopic (exact) mass is 346 g/mol. The van der Waals surface area contributed by atoms with E-state index in [2.05, 4.69) is 5.48 Å². The number of piperidine rings is 1. The molecule has 8 heteroatoms. The molecule has 1 aromatic carbocycles. The number of carbonyl (C=O) groups is 1. The predicted molar refractivity (Wildman–Crippen MR) is 82.7 cm³/mol. The Morgan fingerprint density at radius 1 is 1.32 bits per heavy atom. The highest BCUT2D eigenvalue weighted by molar-refractivity contribution is 7.89. The standard InChI is InChI=1S/C14H19ClN2O4S/c1-2-21-16-14(18)11-7-9-17(10-8-11)22(19,20)13-5-3-12(15)4-6-13/h3-6,11H,2,7-10H2,1H3,(H,16,18). The van der Waals surface area contributed by atoms with Crippen LogP contribution in [0.2, 0.25) is 5.02 Å². The minimum Gasteiger partial charge on any atom is -0.274 e. The Morgan fingerprint density at radius 2 is 1.91 bits per heavy atom. The number of hydrogen-bond acceptors (Lipinski definition) is 4. The third kappa shape index (κ3) is 3.98. The van der Waals surface area contributed by atoms with Gasteiger partial charge in [-0.25, -0.2) is 13.9 Å². The summed E-state index contributed by atoms with van der Waals surface area (Å²) in [7, 11) is -3.53. The first-order valence-electron chi connectivity index (χ1n) is 7.12. The van der Waals surface area contributed by atoms with Crippen LogP contribution >= 0.6 is 11.6 Å². The summed E-state index contributed by atoms with van der Waals surface area (Å²) in [5.74, 6) is -0.409. The number of nitrogens with one attached hydrogen (secondary N) is 1. The molecule has 0 spiro atoms. The van der Waals surface area contributed by atoms with Gasteiger partial charge in [0.15, 0.2) is 0 Å². The quantitative estimate of drug-likeness (QED) is 0.825. The number of hydrogen-bond donors (Lipinski definition) is 1. The van der Waals surface area contributed by atoms with Crippen molar-refractivity contribution in [2.75, 3.05) is 19.7 Å². The van der Waals surface area contributed by atoms with E-state index in [4.69, 9.17) is 16.4 Å². The molecular weight excluding hydrogens is 328 g/mol. The van der Waals surface area contributed by atoms with E-state index >= 15 is 0 Å². The van der Waals surface area contributed by atoms with Crippen LogP contribution in [-0.2, 0) is 19.7 Å². The van der Waals surface area contributed by atoms with Gasteiger partial charge in [-0.3, -0.25) is 9.63 Å². The maximum atomic E-state index is 12.5. The lowest BCUT2D eigenvalue weighted by Gasteiger charge is -2.30. The van der Waals surface area contributed by atoms with Gasteiger partial charge in [-0.1, -0.05) is 11.6 Å². The van der Waals surface area contributed by atoms with Crippen molar-refractivity contribution in [3.05, 3.63) is 29.3 Å². The fraction of sp³-hybridized carbons (Fsp3) is 0.500. The number of amides is 1. The van der Waals surface area contributed by atoms with Gasteiger partial charge in [-0.2, -0.15) is 4.31 Å². The second kappa shape index (κ2) is 7.41. The Morgan fingerprint density at radius 3 is 2.45 bits per heavy atom. The van der Waals surface area contributed by atoms with Crippen molar-refractivity contribution in [3.63, 3.8) is 0 Å². The Kier molecular flexibility index (Phi) is 5.80. The Bertz CT molecular complexity index is 610. The van der Waals surface area contributed by atoms with E-state index in [1.165, 1.54) is 16.4 Å². The topological polar surface area (TPSA) is 75.7 Å². The van der Waals surface area contributed by atoms with E-state index in [9.17, 15) is 13.2 Å². The number of sulfonamides is 1. The molecule has 0 aliphatic carbocycles. The van der Waals surface area contributed by atoms with E-state index in [0.29, 0.717) is 37.6 Å². The summed E-state index contributed by atoms with van der Waals surface area (Å²) in [6.07, 6.45) is 0.956. The fourth-order valence-corrected chi connectivity index (χ4v) is 3.94. The Balaban J connectivity index is 1.98. The molecule has 1 heterocycles. The lowest BCUT2D eigenvalue weighted by molar-refractivity contribution is -0.138. The van der Waals surface area contributed by atoms with Crippen molar-refractivity contribution in [1.82, 2.24) is 9.79 Å². The summed E-state index contributed by atoms with van der Waals surface area (Å²) in [5.41, 5.74) is 2.37. The van der Waals surface area contributed by atoms with Gasteiger partial charge in [0.1, 0.15) is 0 Å². The van der Waals surface area contributed by atoms with Gasteiger partial charge in [0.2, 0.25) is 15.9 Å². The van der Waals surface area contributed by atoms with Crippen molar-refractivity contribution in [2.24, 2.45) is 5.92 Å². The largest absolute Gasteiger partial charge is 0.274 e. The summed E-state index contributed by atoms with van der Waals surface area (Å²) in [6, 6.07) is 6.09. The van der Waals surface area contributed by atoms with E-state index in [-0.39, 0.29) is 16.7 Å². The molecule has 6 nitrogen and oxygen atoms in total. The zero-order valence-corrected chi connectivity index (χ0v) is 13.9. The molecule has 1 aliphatic heterocycles. The zero-order chi connectivity index (χ0) is 16.2. The van der Waals surface area contributed by atoms with Gasteiger partial charge in [-0.15, -0.1) is 0 Å². The molecule has 0 bridgehead atoms. The van der Waals surface area contributed by atoms with Crippen LogP contribution in [0.4, 0.5) is 0 Å². The summed E-state index contributed by atoms with van der Waals surface area (Å²) in [6.45, 7) is 2.81. The van der Waals surface area contributed by atoms with Crippen molar-refractivity contribution < 1.29 is 18.0 Å². The molecule has 2 rings (SSSR count). The molecule has 0 aromatic heterocycles. The maximum Gasteiger partial charge on any atom is 0.246 e. The highest BCUT2D eigenvalue weighted by atomic mass is 35.5. The molecule has 1 saturated heterocycles. The van der Waals surface area contributed by atoms with E-state index in [0.717, 1.165) is 0 Å². The summed E-state index contributed by atoms with van der Waals surface area (Å²) >= 11 is 5.78. The molecule has 0 radical (unpaired) electrons. The van der Waals surface area contributed by atoms with Crippen molar-refractivity contribution in [2.45, 2.75) is 24.7 Å². The lowest BCUT2D eigenvalue weighted by atomic mass is 9.98. The van der Waals surface area contributed by atoms with Crippen LogP contribution < -0.4 is 5.48 Å². The minimum atomic E-state index is -3.53. The summed E-state index contributed by atoms with van der Waals surface area (Å²) in [4.78, 5) is 16.9. The molecule has 0 atom stereocenters. The number of halogens is 1. The molecule has 1 N–H and O–H groups in total. The number of benzene rings is 1. The smallest absolute Gasteiger partial charge is 0.246 e. The first-order chi connectivity index (χ1) is 10.4. The average Bonchev–Trinajstić information content (AvgIpc) is 2.53. The average molecular weight is 347 g/mol. The first kappa shape index (κ1) is 17.2. The molecule has 1 amide bonds. The second-order valence-corrected chi connectivity index (χ2v) is 7.41. The van der Waals surface area contributed by atoms with Gasteiger partial charge >= 0.3 is 0 Å². The van der Waals surface area contributed by atoms with Crippen LogP contribution in [0.15, 0.2) is 29.2 Å². The SMILES string of the molecule is CCONC(=O)C1CCN(S(=O)(=O)c2ccc(Cl)cc2)CC1. The lowest BCUT2D eigenvalue weighted by Crippen LogP contribution is -2.43. The molecule has 1 aliphatic rings. The molecule has 0 unspecified atom stereocenters. The number of carbonyl (C=O) groups excluding carboxylic acids is 1. The van der Waals surface area contributed by atoms with Crippen LogP contribution in [-0.4, -0.2) is 38.3 Å². The van der Waals surface area contributed by atoms with Gasteiger partial charge in [-0.05, 0) is 44.0 Å². The third-order valence-electron chi connectivity index (χ3n) is 3.59. The second-order valence-electron chi connectivity index (χ2n) is 5.03. The molecule has 22 heavy (non-hydrogen) atoms. The van der Waals surface area contributed by atoms with Gasteiger partial charge < -0.3 is 0 Å². The number of nitrogens with zero attached hydrogens (tertiary/aromatic N) is 1. The van der Waals surface area contributed by atoms with Gasteiger partial charge in [0.05, 0.1) is 11.5 Å². The maximum absolute atomic E-state index is 12.5. The summed E-state index contributed by atoms with van der Waals surface area (Å²) in [5, 5.41) is 0.491. The third-order valence-corrected chi connectivity index (χ3v) is 5.76. The molecular formula is C14H19ClN2O4S. The zero-order valence-electron chi connectivity index (χ0n) is 12.3. The molecule has 0 saturated carbocycles. The normalized spacial score (nSPS) is 17.4. The number of hydroxylamine groups is 1. The van der Waals surface area contributed by atoms with Crippen molar-refractivity contribution in [1.29, 1.82) is 0 Å². The van der Waals surface area contributed by atoms with Crippen LogP contribution in [0.3, 0.4) is 0 Å². The predicted octanol–water partition coefficient (Wildman–Crippen LogP) is 1.81. The van der Waals surface area contributed by atoms with E-state index < -0.39 is 10.0 Å². The van der Waals surface area contributed by atoms with Crippen molar-refractivity contribution >= 4 is 27.5 Å². The Labute approximate surface area is 135 Å².